The van der Waals surface area contributed by atoms with Crippen LogP contribution < -0.4 is 4.74 Å². The van der Waals surface area contributed by atoms with Crippen molar-refractivity contribution in [1.29, 1.82) is 0 Å². The number of thioether (sulfide) groups is 1. The van der Waals surface area contributed by atoms with Gasteiger partial charge in [0.25, 0.3) is 11.1 Å². The number of rotatable bonds is 8. The number of methoxy groups -OCH3 is 1. The lowest BCUT2D eigenvalue weighted by Gasteiger charge is -2.31. The molecule has 1 aromatic rings. The van der Waals surface area contributed by atoms with E-state index in [0.717, 1.165) is 16.7 Å². The Morgan fingerprint density at radius 3 is 2.37 bits per heavy atom. The summed E-state index contributed by atoms with van der Waals surface area (Å²) in [5, 5.41) is -0.500. The van der Waals surface area contributed by atoms with E-state index in [1.54, 1.807) is 29.2 Å². The molecule has 9 heteroatoms. The average molecular weight is 435 g/mol. The van der Waals surface area contributed by atoms with Gasteiger partial charge in [-0.2, -0.15) is 0 Å². The van der Waals surface area contributed by atoms with E-state index in [1.807, 2.05) is 27.7 Å². The van der Waals surface area contributed by atoms with Gasteiger partial charge in [0.05, 0.1) is 12.0 Å². The van der Waals surface area contributed by atoms with Crippen LogP contribution in [0.4, 0.5) is 4.79 Å². The standard InChI is InChI=1S/C21H26N2O6S/c1-13(2)23(14(3)4)18(24)11-22-20(26)17(30-21(22)27)10-15-8-6-7-9-16(15)29-12-19(25)28-5/h6-10,13-14H,11-12H2,1-5H3/b17-10-. The first-order valence-electron chi connectivity index (χ1n) is 9.50. The Kier molecular flexibility index (Phi) is 8.05. The number of carbonyl (C=O) groups is 4. The number of hydrogen-bond acceptors (Lipinski definition) is 7. The van der Waals surface area contributed by atoms with Gasteiger partial charge < -0.3 is 14.4 Å². The third kappa shape index (κ3) is 5.63. The highest BCUT2D eigenvalue weighted by atomic mass is 32.2. The topological polar surface area (TPSA) is 93.2 Å². The molecular weight excluding hydrogens is 408 g/mol. The quantitative estimate of drug-likeness (QED) is 0.459. The summed E-state index contributed by atoms with van der Waals surface area (Å²) in [6.45, 7) is 6.96. The van der Waals surface area contributed by atoms with Gasteiger partial charge in [0.2, 0.25) is 5.91 Å². The Hall–Kier alpha value is -2.81. The fraction of sp³-hybridized carbons (Fsp3) is 0.429. The third-order valence-corrected chi connectivity index (χ3v) is 5.25. The molecule has 0 N–H and O–H groups in total. The summed E-state index contributed by atoms with van der Waals surface area (Å²) in [4.78, 5) is 51.9. The molecule has 3 amide bonds. The van der Waals surface area contributed by atoms with Crippen molar-refractivity contribution in [1.82, 2.24) is 9.80 Å². The van der Waals surface area contributed by atoms with Crippen LogP contribution in [0.15, 0.2) is 29.2 Å². The summed E-state index contributed by atoms with van der Waals surface area (Å²) < 4.78 is 9.99. The predicted molar refractivity (Wildman–Crippen MR) is 114 cm³/mol. The molecule has 30 heavy (non-hydrogen) atoms. The van der Waals surface area contributed by atoms with Crippen molar-refractivity contribution in [2.24, 2.45) is 0 Å². The summed E-state index contributed by atoms with van der Waals surface area (Å²) >= 11 is 0.765. The van der Waals surface area contributed by atoms with Crippen molar-refractivity contribution < 1.29 is 28.7 Å². The van der Waals surface area contributed by atoms with Gasteiger partial charge in [-0.15, -0.1) is 0 Å². The van der Waals surface area contributed by atoms with Crippen molar-refractivity contribution in [2.45, 2.75) is 39.8 Å². The molecule has 0 aromatic heterocycles. The lowest BCUT2D eigenvalue weighted by molar-refractivity contribution is -0.143. The Bertz CT molecular complexity index is 857. The van der Waals surface area contributed by atoms with Crippen LogP contribution in [-0.4, -0.2) is 65.2 Å². The van der Waals surface area contributed by atoms with Crippen LogP contribution in [0.25, 0.3) is 6.08 Å². The van der Waals surface area contributed by atoms with E-state index in [2.05, 4.69) is 4.74 Å². The smallest absolute Gasteiger partial charge is 0.343 e. The van der Waals surface area contributed by atoms with Crippen LogP contribution in [0.2, 0.25) is 0 Å². The monoisotopic (exact) mass is 434 g/mol. The molecule has 1 aromatic carbocycles. The van der Waals surface area contributed by atoms with Crippen LogP contribution in [0.3, 0.4) is 0 Å². The van der Waals surface area contributed by atoms with Gasteiger partial charge in [0.1, 0.15) is 12.3 Å². The van der Waals surface area contributed by atoms with E-state index in [-0.39, 0.29) is 36.0 Å². The second kappa shape index (κ2) is 10.3. The second-order valence-electron chi connectivity index (χ2n) is 7.16. The van der Waals surface area contributed by atoms with Gasteiger partial charge in [-0.25, -0.2) is 4.79 Å². The molecule has 0 saturated carbocycles. The second-order valence-corrected chi connectivity index (χ2v) is 8.15. The molecule has 1 heterocycles. The highest BCUT2D eigenvalue weighted by Crippen LogP contribution is 2.34. The maximum absolute atomic E-state index is 12.8. The Labute approximate surface area is 180 Å². The lowest BCUT2D eigenvalue weighted by Crippen LogP contribution is -2.48. The van der Waals surface area contributed by atoms with E-state index in [4.69, 9.17) is 4.74 Å². The zero-order valence-electron chi connectivity index (χ0n) is 17.7. The van der Waals surface area contributed by atoms with E-state index in [0.29, 0.717) is 11.3 Å². The molecule has 162 valence electrons. The van der Waals surface area contributed by atoms with Crippen LogP contribution in [0.1, 0.15) is 33.3 Å². The van der Waals surface area contributed by atoms with Gasteiger partial charge in [-0.1, -0.05) is 18.2 Å². The van der Waals surface area contributed by atoms with E-state index >= 15 is 0 Å². The van der Waals surface area contributed by atoms with Crippen LogP contribution >= 0.6 is 11.8 Å². The summed E-state index contributed by atoms with van der Waals surface area (Å²) in [5.41, 5.74) is 0.532. The lowest BCUT2D eigenvalue weighted by atomic mass is 10.2. The number of esters is 1. The summed E-state index contributed by atoms with van der Waals surface area (Å²) in [7, 11) is 1.26. The summed E-state index contributed by atoms with van der Waals surface area (Å²) in [6, 6.07) is 6.71. The van der Waals surface area contributed by atoms with Crippen molar-refractivity contribution in [2.75, 3.05) is 20.3 Å². The first-order chi connectivity index (χ1) is 14.1. The Morgan fingerprint density at radius 2 is 1.77 bits per heavy atom. The number of ether oxygens (including phenoxy) is 2. The van der Waals surface area contributed by atoms with Crippen LogP contribution in [0, 0.1) is 0 Å². The molecule has 1 fully saturated rings. The fourth-order valence-corrected chi connectivity index (χ4v) is 3.92. The maximum Gasteiger partial charge on any atom is 0.343 e. The first-order valence-corrected chi connectivity index (χ1v) is 10.3. The van der Waals surface area contributed by atoms with Crippen molar-refractivity contribution >= 4 is 40.9 Å². The minimum atomic E-state index is -0.538. The molecule has 0 radical (unpaired) electrons. The normalized spacial score (nSPS) is 15.3. The summed E-state index contributed by atoms with van der Waals surface area (Å²) in [5.74, 6) is -0.987. The van der Waals surface area contributed by atoms with Crippen molar-refractivity contribution in [3.05, 3.63) is 34.7 Å². The minimum absolute atomic E-state index is 0.0493. The molecule has 0 bridgehead atoms. The number of imide groups is 1. The van der Waals surface area contributed by atoms with E-state index < -0.39 is 17.1 Å². The van der Waals surface area contributed by atoms with Crippen molar-refractivity contribution in [3.63, 3.8) is 0 Å². The Morgan fingerprint density at radius 1 is 1.13 bits per heavy atom. The Balaban J connectivity index is 2.19. The van der Waals surface area contributed by atoms with Gasteiger partial charge in [-0.05, 0) is 51.6 Å². The van der Waals surface area contributed by atoms with E-state index in [1.165, 1.54) is 13.2 Å². The van der Waals surface area contributed by atoms with Gasteiger partial charge in [0.15, 0.2) is 6.61 Å². The zero-order chi connectivity index (χ0) is 22.4. The minimum Gasteiger partial charge on any atom is -0.481 e. The zero-order valence-corrected chi connectivity index (χ0v) is 18.5. The first kappa shape index (κ1) is 23.5. The number of benzene rings is 1. The number of amides is 3. The highest BCUT2D eigenvalue weighted by Gasteiger charge is 2.37. The molecule has 0 spiro atoms. The van der Waals surface area contributed by atoms with Gasteiger partial charge >= 0.3 is 5.97 Å². The molecule has 1 aliphatic heterocycles. The van der Waals surface area contributed by atoms with Crippen LogP contribution in [0.5, 0.6) is 5.75 Å². The molecule has 0 atom stereocenters. The van der Waals surface area contributed by atoms with Crippen molar-refractivity contribution in [3.8, 4) is 5.75 Å². The summed E-state index contributed by atoms with van der Waals surface area (Å²) in [6.07, 6.45) is 1.52. The molecule has 0 unspecified atom stereocenters. The van der Waals surface area contributed by atoms with Crippen LogP contribution in [-0.2, 0) is 19.1 Å². The van der Waals surface area contributed by atoms with Gasteiger partial charge in [-0.3, -0.25) is 19.3 Å². The molecule has 8 nitrogen and oxygen atoms in total. The number of para-hydroxylation sites is 1. The number of hydrogen-bond donors (Lipinski definition) is 0. The molecule has 1 saturated heterocycles. The molecular formula is C21H26N2O6S. The molecule has 2 rings (SSSR count). The van der Waals surface area contributed by atoms with E-state index in [9.17, 15) is 19.2 Å². The highest BCUT2D eigenvalue weighted by molar-refractivity contribution is 8.18. The number of nitrogens with zero attached hydrogens (tertiary/aromatic N) is 2. The third-order valence-electron chi connectivity index (χ3n) is 4.35. The van der Waals surface area contributed by atoms with Gasteiger partial charge in [0, 0.05) is 17.6 Å². The molecule has 1 aliphatic rings. The maximum atomic E-state index is 12.8. The number of carbonyl (C=O) groups excluding carboxylic acids is 4. The average Bonchev–Trinajstić information content (AvgIpc) is 2.93. The molecule has 0 aliphatic carbocycles. The fourth-order valence-electron chi connectivity index (χ4n) is 3.09. The predicted octanol–water partition coefficient (Wildman–Crippen LogP) is 2.92. The SMILES string of the molecule is COC(=O)COc1ccccc1/C=C1\SC(=O)N(CC(=O)N(C(C)C)C(C)C)C1=O. The largest absolute Gasteiger partial charge is 0.481 e.